The average molecular weight is 396 g/mol. The minimum Gasteiger partial charge on any atom is -0.495 e. The van der Waals surface area contributed by atoms with Gasteiger partial charge in [0.25, 0.3) is 0 Å². The Bertz CT molecular complexity index is 945. The zero-order chi connectivity index (χ0) is 19.3. The number of anilines is 3. The smallest absolute Gasteiger partial charge is 0.229 e. The van der Waals surface area contributed by atoms with Crippen molar-refractivity contribution in [2.24, 2.45) is 0 Å². The highest BCUT2D eigenvalue weighted by Gasteiger charge is 2.15. The summed E-state index contributed by atoms with van der Waals surface area (Å²) in [6.45, 7) is 3.72. The van der Waals surface area contributed by atoms with Crippen LogP contribution in [-0.4, -0.2) is 43.3 Å². The van der Waals surface area contributed by atoms with E-state index in [1.807, 2.05) is 42.5 Å². The summed E-state index contributed by atoms with van der Waals surface area (Å²) >= 11 is 6.25. The minimum atomic E-state index is 0.536. The molecular weight excluding hydrogens is 374 g/mol. The molecule has 2 aromatic carbocycles. The van der Waals surface area contributed by atoms with Gasteiger partial charge in [0, 0.05) is 43.5 Å². The van der Waals surface area contributed by atoms with Gasteiger partial charge in [0.15, 0.2) is 0 Å². The highest BCUT2D eigenvalue weighted by molar-refractivity contribution is 6.32. The lowest BCUT2D eigenvalue weighted by molar-refractivity contribution is 0.415. The topological polar surface area (TPSA) is 62.3 Å². The number of nitrogens with zero attached hydrogens (tertiary/aromatic N) is 3. The second-order valence-electron chi connectivity index (χ2n) is 6.51. The first kappa shape index (κ1) is 18.5. The van der Waals surface area contributed by atoms with E-state index in [0.29, 0.717) is 16.7 Å². The first-order chi connectivity index (χ1) is 13.7. The van der Waals surface area contributed by atoms with Crippen molar-refractivity contribution in [2.75, 3.05) is 43.5 Å². The quantitative estimate of drug-likeness (QED) is 0.681. The maximum Gasteiger partial charge on any atom is 0.229 e. The predicted molar refractivity (Wildman–Crippen MR) is 114 cm³/mol. The molecule has 1 aromatic heterocycles. The molecule has 0 unspecified atom stereocenters. The summed E-state index contributed by atoms with van der Waals surface area (Å²) in [6, 6.07) is 17.7. The van der Waals surface area contributed by atoms with Crippen LogP contribution >= 0.6 is 11.6 Å². The summed E-state index contributed by atoms with van der Waals surface area (Å²) in [7, 11) is 1.60. The van der Waals surface area contributed by atoms with Crippen LogP contribution in [0, 0.1) is 0 Å². The summed E-state index contributed by atoms with van der Waals surface area (Å²) in [5.74, 6) is 2.08. The number of nitrogens with one attached hydrogen (secondary N) is 2. The maximum absolute atomic E-state index is 6.25. The number of rotatable bonds is 5. The number of ether oxygens (including phenoxy) is 1. The second-order valence-corrected chi connectivity index (χ2v) is 6.92. The van der Waals surface area contributed by atoms with Crippen LogP contribution in [0.1, 0.15) is 0 Å². The molecular formula is C21H22ClN5O. The molecule has 1 saturated heterocycles. The predicted octanol–water partition coefficient (Wildman–Crippen LogP) is 3.96. The molecule has 1 fully saturated rings. The molecule has 1 aliphatic rings. The molecule has 2 N–H and O–H groups in total. The van der Waals surface area contributed by atoms with Crippen LogP contribution < -0.4 is 20.3 Å². The molecule has 0 atom stereocenters. The highest BCUT2D eigenvalue weighted by Crippen LogP contribution is 2.29. The molecule has 7 heteroatoms. The van der Waals surface area contributed by atoms with Crippen molar-refractivity contribution < 1.29 is 4.74 Å². The summed E-state index contributed by atoms with van der Waals surface area (Å²) in [5, 5.41) is 7.19. The molecule has 0 spiro atoms. The van der Waals surface area contributed by atoms with Crippen molar-refractivity contribution in [1.82, 2.24) is 15.3 Å². The van der Waals surface area contributed by atoms with E-state index >= 15 is 0 Å². The third-order valence-electron chi connectivity index (χ3n) is 4.63. The number of halogens is 1. The van der Waals surface area contributed by atoms with E-state index in [2.05, 4.69) is 27.7 Å². The van der Waals surface area contributed by atoms with E-state index in [0.717, 1.165) is 48.9 Å². The monoisotopic (exact) mass is 395 g/mol. The molecule has 0 radical (unpaired) electrons. The van der Waals surface area contributed by atoms with Crippen LogP contribution in [0.2, 0.25) is 5.02 Å². The largest absolute Gasteiger partial charge is 0.495 e. The van der Waals surface area contributed by atoms with Crippen molar-refractivity contribution in [2.45, 2.75) is 0 Å². The molecule has 2 heterocycles. The van der Waals surface area contributed by atoms with E-state index in [-0.39, 0.29) is 0 Å². The molecule has 28 heavy (non-hydrogen) atoms. The van der Waals surface area contributed by atoms with Gasteiger partial charge >= 0.3 is 0 Å². The van der Waals surface area contributed by atoms with E-state index in [1.165, 1.54) is 0 Å². The molecule has 0 aliphatic carbocycles. The van der Waals surface area contributed by atoms with Crippen LogP contribution in [0.3, 0.4) is 0 Å². The van der Waals surface area contributed by atoms with E-state index in [1.54, 1.807) is 7.11 Å². The molecule has 144 valence electrons. The first-order valence-electron chi connectivity index (χ1n) is 9.24. The Morgan fingerprint density at radius 2 is 1.82 bits per heavy atom. The summed E-state index contributed by atoms with van der Waals surface area (Å²) in [4.78, 5) is 11.8. The minimum absolute atomic E-state index is 0.536. The van der Waals surface area contributed by atoms with Crippen molar-refractivity contribution in [1.29, 1.82) is 0 Å². The van der Waals surface area contributed by atoms with E-state index < -0.39 is 0 Å². The van der Waals surface area contributed by atoms with E-state index in [9.17, 15) is 0 Å². The summed E-state index contributed by atoms with van der Waals surface area (Å²) < 4.78 is 5.22. The Morgan fingerprint density at radius 1 is 1.04 bits per heavy atom. The Hall–Kier alpha value is -2.83. The number of hydrogen-bond acceptors (Lipinski definition) is 6. The maximum atomic E-state index is 6.25. The van der Waals surface area contributed by atoms with Gasteiger partial charge in [-0.3, -0.25) is 0 Å². The molecule has 1 aliphatic heterocycles. The van der Waals surface area contributed by atoms with Gasteiger partial charge in [-0.2, -0.15) is 4.98 Å². The Balaban J connectivity index is 1.70. The Morgan fingerprint density at radius 3 is 2.54 bits per heavy atom. The van der Waals surface area contributed by atoms with Crippen molar-refractivity contribution in [3.63, 3.8) is 0 Å². The van der Waals surface area contributed by atoms with Crippen LogP contribution in [0.25, 0.3) is 11.3 Å². The number of hydrogen-bond donors (Lipinski definition) is 2. The normalized spacial score (nSPS) is 14.0. The van der Waals surface area contributed by atoms with Gasteiger partial charge in [-0.05, 0) is 18.2 Å². The molecule has 4 rings (SSSR count). The molecule has 3 aromatic rings. The number of aromatic nitrogens is 2. The average Bonchev–Trinajstić information content (AvgIpc) is 2.75. The zero-order valence-electron chi connectivity index (χ0n) is 15.7. The van der Waals surface area contributed by atoms with Gasteiger partial charge < -0.3 is 20.3 Å². The number of methoxy groups -OCH3 is 1. The lowest BCUT2D eigenvalue weighted by Gasteiger charge is -2.29. The third-order valence-corrected chi connectivity index (χ3v) is 4.93. The van der Waals surface area contributed by atoms with Crippen LogP contribution in [0.4, 0.5) is 17.5 Å². The van der Waals surface area contributed by atoms with Crippen LogP contribution in [-0.2, 0) is 0 Å². The second kappa shape index (κ2) is 8.46. The van der Waals surface area contributed by atoms with Crippen LogP contribution in [0.5, 0.6) is 5.75 Å². The fourth-order valence-corrected chi connectivity index (χ4v) is 3.43. The molecule has 0 bridgehead atoms. The van der Waals surface area contributed by atoms with Crippen molar-refractivity contribution >= 4 is 29.1 Å². The standard InChI is InChI=1S/C21H22ClN5O/c1-28-19-8-7-16(13-17(19)22)24-21-25-18(15-5-3-2-4-6-15)14-20(26-21)27-11-9-23-10-12-27/h2-8,13-14,23H,9-12H2,1H3,(H,24,25,26). The zero-order valence-corrected chi connectivity index (χ0v) is 16.4. The van der Waals surface area contributed by atoms with E-state index in [4.69, 9.17) is 26.3 Å². The van der Waals surface area contributed by atoms with Crippen molar-refractivity contribution in [3.8, 4) is 17.0 Å². The highest BCUT2D eigenvalue weighted by atomic mass is 35.5. The third kappa shape index (κ3) is 4.18. The fourth-order valence-electron chi connectivity index (χ4n) is 3.18. The first-order valence-corrected chi connectivity index (χ1v) is 9.61. The number of benzene rings is 2. The fraction of sp³-hybridized carbons (Fsp3) is 0.238. The van der Waals surface area contributed by atoms with Crippen molar-refractivity contribution in [3.05, 3.63) is 59.6 Å². The lowest BCUT2D eigenvalue weighted by atomic mass is 10.1. The van der Waals surface area contributed by atoms with Gasteiger partial charge in [-0.1, -0.05) is 41.9 Å². The van der Waals surface area contributed by atoms with Gasteiger partial charge in [0.1, 0.15) is 11.6 Å². The van der Waals surface area contributed by atoms with Gasteiger partial charge in [0.05, 0.1) is 17.8 Å². The SMILES string of the molecule is COc1ccc(Nc2nc(-c3ccccc3)cc(N3CCNCC3)n2)cc1Cl. The molecule has 0 amide bonds. The Labute approximate surface area is 169 Å². The van der Waals surface area contributed by atoms with Gasteiger partial charge in [-0.15, -0.1) is 0 Å². The van der Waals surface area contributed by atoms with Crippen LogP contribution in [0.15, 0.2) is 54.6 Å². The summed E-state index contributed by atoms with van der Waals surface area (Å²) in [5.41, 5.74) is 2.74. The Kier molecular flexibility index (Phi) is 5.60. The van der Waals surface area contributed by atoms with Gasteiger partial charge in [-0.25, -0.2) is 4.98 Å². The van der Waals surface area contributed by atoms with Gasteiger partial charge in [0.2, 0.25) is 5.95 Å². The molecule has 0 saturated carbocycles. The number of piperazine rings is 1. The summed E-state index contributed by atoms with van der Waals surface area (Å²) in [6.07, 6.45) is 0. The lowest BCUT2D eigenvalue weighted by Crippen LogP contribution is -2.44. The molecule has 6 nitrogen and oxygen atoms in total.